The number of hydrogen-bond donors (Lipinski definition) is 2. The quantitative estimate of drug-likeness (QED) is 0.0585. The fourth-order valence-corrected chi connectivity index (χ4v) is 17.8. The van der Waals surface area contributed by atoms with E-state index in [0.717, 1.165) is 184 Å². The first-order valence-electron chi connectivity index (χ1n) is 36.7. The summed E-state index contributed by atoms with van der Waals surface area (Å²) in [6, 6.07) is 19.8. The van der Waals surface area contributed by atoms with Gasteiger partial charge in [-0.05, 0) is 215 Å². The van der Waals surface area contributed by atoms with Gasteiger partial charge in [0.05, 0.1) is 0 Å². The van der Waals surface area contributed by atoms with Crippen LogP contribution in [0, 0.1) is 373 Å². The Morgan fingerprint density at radius 1 is 0.478 bits per heavy atom. The van der Waals surface area contributed by atoms with Gasteiger partial charge in [0.25, 0.3) is 0 Å². The third-order valence-electron chi connectivity index (χ3n) is 22.9. The van der Waals surface area contributed by atoms with Gasteiger partial charge in [0.2, 0.25) is 9.23 Å². The van der Waals surface area contributed by atoms with Crippen LogP contribution in [0.1, 0.15) is 242 Å². The van der Waals surface area contributed by atoms with Crippen LogP contribution in [0.5, 0.6) is 0 Å². The van der Waals surface area contributed by atoms with E-state index in [2.05, 4.69) is 99.3 Å². The summed E-state index contributed by atoms with van der Waals surface area (Å²) >= 11 is 13.8. The fourth-order valence-electron chi connectivity index (χ4n) is 17.8. The van der Waals surface area contributed by atoms with Crippen LogP contribution in [-0.2, 0) is 18.6 Å². The van der Waals surface area contributed by atoms with Crippen molar-refractivity contribution in [1.82, 2.24) is 6.15 Å². The molecule has 5 radical (unpaired) electrons. The van der Waals surface area contributed by atoms with Crippen LogP contribution in [0.25, 0.3) is 5.57 Å². The Hall–Kier alpha value is 3.62. The van der Waals surface area contributed by atoms with Gasteiger partial charge in [-0.3, -0.25) is 18.1 Å². The zero-order valence-electron chi connectivity index (χ0n) is 63.2. The van der Waals surface area contributed by atoms with Gasteiger partial charge in [0.15, 0.2) is 0 Å². The van der Waals surface area contributed by atoms with Crippen molar-refractivity contribution < 1.29 is 291 Å². The van der Waals surface area contributed by atoms with Gasteiger partial charge < -0.3 is 60.3 Å². The Kier molecular flexibility index (Phi) is 62.3. The van der Waals surface area contributed by atoms with Crippen molar-refractivity contribution in [3.8, 4) is 6.07 Å². The van der Waals surface area contributed by atoms with Gasteiger partial charge in [-0.1, -0.05) is 87.0 Å². The Balaban J connectivity index is 0.00000131. The standard InChI is InChI=1S/C17H18F2N.C17H19F2O2.C16H19F2.C16H17F2.C10H15O.C6H3F2.BrH.Cl3OP.Cl2OS.Mg.H3N.5Pr/c18-16-8-14(9-17(19)15(16)10-20)13-6-5-11-3-1-2-4-12(11)7-13;18-14-8-13(9-15(19)16(14)17(20)21)12-6-5-10-3-1-2-4-11(10)7-12;2*17-15-8-14(9-16(18)10-15)13-6-5-11-3-1-2-4-12(11)7-13;11-10-6-5-8-3-1-2-4-9(8)7-10;7-5-2-1-3-6(8)4-5;;1-5(2,3)4;1-4(2)3;;;;;;;/h1,8-9,11-13H,2-7H2;1,8-12H,2-7H2,(H,20,21);1,8-13H,2-7H2;1,7-12H,2-6H2;1,8-9H,2-7H2;2-4H;1H;;;;1H3;;;;;/q6*-1;;;;+2;;;;;;/p-1. The Bertz CT molecular complexity index is 3760. The zero-order chi connectivity index (χ0) is 75.9. The van der Waals surface area contributed by atoms with Crippen molar-refractivity contribution in [2.75, 3.05) is 0 Å². The minimum Gasteiger partial charge on any atom is -1.00 e. The summed E-state index contributed by atoms with van der Waals surface area (Å²) < 4.78 is 151. The molecule has 5 aromatic rings. The van der Waals surface area contributed by atoms with Crippen molar-refractivity contribution in [2.24, 2.45) is 59.2 Å². The van der Waals surface area contributed by atoms with E-state index in [4.69, 9.17) is 14.6 Å². The van der Waals surface area contributed by atoms with Crippen molar-refractivity contribution in [3.05, 3.63) is 215 Å². The molecule has 0 aromatic heterocycles. The second-order valence-corrected chi connectivity index (χ2v) is 38.7. The maximum absolute atomic E-state index is 13.8. The topological polar surface area (TPSA) is 147 Å². The number of benzene rings is 5. The Morgan fingerprint density at radius 3 is 1.18 bits per heavy atom. The number of ketones is 1. The van der Waals surface area contributed by atoms with E-state index in [1.165, 1.54) is 145 Å². The molecule has 113 heavy (non-hydrogen) atoms. The molecular formula is C82H94BrCl5F10MgN2O5PPr5S-5. The van der Waals surface area contributed by atoms with E-state index in [9.17, 15) is 58.1 Å². The second kappa shape index (κ2) is 60.4. The minimum atomic E-state index is -3.22. The van der Waals surface area contributed by atoms with Crippen molar-refractivity contribution in [2.45, 2.75) is 204 Å². The van der Waals surface area contributed by atoms with E-state index < -0.39 is 89.7 Å². The minimum absolute atomic E-state index is 0. The molecule has 31 heteroatoms. The summed E-state index contributed by atoms with van der Waals surface area (Å²) in [4.78, 5) is 21.9. The van der Waals surface area contributed by atoms with Crippen molar-refractivity contribution in [1.29, 1.82) is 5.26 Å². The van der Waals surface area contributed by atoms with Gasteiger partial charge in [-0.15, -0.1) is 18.2 Å². The van der Waals surface area contributed by atoms with E-state index in [1.54, 1.807) is 6.07 Å². The number of fused-ring (bicyclic) bond motifs is 5. The van der Waals surface area contributed by atoms with Crippen LogP contribution in [0.15, 0.2) is 84.9 Å². The number of carbonyl (C=O) groups is 2. The molecule has 0 heterocycles. The third kappa shape index (κ3) is 40.7. The van der Waals surface area contributed by atoms with Gasteiger partial charge in [0, 0.05) is 264 Å². The van der Waals surface area contributed by atoms with Crippen LogP contribution in [0.4, 0.5) is 43.9 Å². The van der Waals surface area contributed by atoms with Gasteiger partial charge in [-0.2, -0.15) is 75.5 Å². The Morgan fingerprint density at radius 2 is 0.805 bits per heavy atom. The SMILES string of the molecule is Fc1c[c-]cc(F)c1.Fc1cc(F)cc(C2=CC3CC[CH-]CC3CC2)c1.Fc1cc(F)cc(C2CCC3C[CH-]CCC3C2)c1.N.N#Cc1c(F)cc(C2CCC3C[CH-]CCC3C2)cc1F.O=C(O)c1c(F)cc(C2CCC3C[CH-]CCC3C2)cc1F.O=C1CCC2C[CH-]CCC2C1.O=P(Cl)(Cl)Cl.O=S(Cl)Cl.[Br-].[Mg+2].[Pr].[Pr].[Pr].[Pr].[Pr]. The summed E-state index contributed by atoms with van der Waals surface area (Å²) in [7, 11) is 7.36. The molecule has 13 atom stereocenters. The van der Waals surface area contributed by atoms with Crippen LogP contribution in [-0.4, -0.2) is 44.1 Å². The number of aromatic carboxylic acids is 1. The number of rotatable bonds is 5. The average molecular weight is 2430 g/mol. The number of carboxylic acids is 1. The monoisotopic (exact) mass is 2420 g/mol. The first-order valence-corrected chi connectivity index (χ1v) is 43.9. The molecule has 0 amide bonds. The molecule has 0 saturated heterocycles. The molecule has 4 N–H and O–H groups in total. The summed E-state index contributed by atoms with van der Waals surface area (Å²) in [5, 5.41) is 14.3. The molecule has 10 aliphatic carbocycles. The average Bonchev–Trinajstić information content (AvgIpc) is 0.829. The molecule has 15 rings (SSSR count). The van der Waals surface area contributed by atoms with E-state index in [-0.39, 0.29) is 264 Å². The van der Waals surface area contributed by atoms with Crippen LogP contribution in [0.3, 0.4) is 0 Å². The first-order chi connectivity index (χ1) is 50.1. The second-order valence-electron chi connectivity index (χ2n) is 29.5. The van der Waals surface area contributed by atoms with E-state index >= 15 is 0 Å². The third-order valence-corrected chi connectivity index (χ3v) is 22.9. The fraction of sp³-hybridized carbons (Fsp3) is 0.512. The number of nitriles is 1. The molecule has 9 fully saturated rings. The van der Waals surface area contributed by atoms with Gasteiger partial charge >= 0.3 is 34.2 Å². The molecule has 13 unspecified atom stereocenters. The molecule has 5 aromatic carbocycles. The number of allylic oxidation sites excluding steroid dienone is 2. The Labute approximate surface area is 881 Å². The maximum Gasteiger partial charge on any atom is 2.00 e. The zero-order valence-corrected chi connectivity index (χ0v) is 90.2. The molecule has 0 bridgehead atoms. The van der Waals surface area contributed by atoms with Crippen LogP contribution < -0.4 is 23.1 Å². The molecular weight excluding hydrogens is 2330 g/mol. The van der Waals surface area contributed by atoms with Crippen LogP contribution >= 0.6 is 60.3 Å². The van der Waals surface area contributed by atoms with E-state index in [0.29, 0.717) is 35.0 Å². The molecule has 0 spiro atoms. The summed E-state index contributed by atoms with van der Waals surface area (Å²) in [5.74, 6) is 0.695. The predicted molar refractivity (Wildman–Crippen MR) is 410 cm³/mol. The van der Waals surface area contributed by atoms with Gasteiger partial charge in [-0.25, -0.2) is 44.1 Å². The summed E-state index contributed by atoms with van der Waals surface area (Å²) in [6.45, 7) is 0. The van der Waals surface area contributed by atoms with Gasteiger partial charge in [0.1, 0.15) is 69.5 Å². The number of nitrogens with zero attached hydrogens (tertiary/aromatic N) is 1. The normalized spacial score (nSPS) is 25.3. The number of halogens is 16. The van der Waals surface area contributed by atoms with Crippen LogP contribution in [0.2, 0.25) is 0 Å². The first kappa shape index (κ1) is 117. The maximum atomic E-state index is 13.8. The summed E-state index contributed by atoms with van der Waals surface area (Å²) in [6.07, 6.45) is 46.9. The molecule has 7 nitrogen and oxygen atoms in total. The summed E-state index contributed by atoms with van der Waals surface area (Å²) in [5.41, 5.74) is 2.74. The largest absolute Gasteiger partial charge is 2.00 e. The number of carbonyl (C=O) groups excluding carboxylic acids is 1. The smallest absolute Gasteiger partial charge is 1.00 e. The number of hydrogen-bond acceptors (Lipinski definition) is 6. The van der Waals surface area contributed by atoms with Crippen molar-refractivity contribution >= 4 is 110 Å². The molecule has 10 aliphatic rings. The molecule has 607 valence electrons. The molecule has 0 aliphatic heterocycles. The number of Topliss-reactive ketones (excluding diaryl/α,β-unsaturated/α-hetero) is 1. The predicted octanol–water partition coefficient (Wildman–Crippen LogP) is 23.7. The number of carboxylic acid groups (broad SMARTS) is 1. The molecule has 9 saturated carbocycles. The van der Waals surface area contributed by atoms with E-state index in [1.807, 2.05) is 0 Å². The van der Waals surface area contributed by atoms with Crippen molar-refractivity contribution in [3.63, 3.8) is 0 Å².